The second-order valence-electron chi connectivity index (χ2n) is 1.44. The molecule has 0 saturated heterocycles. The molecule has 36 valence electrons. The van der Waals surface area contributed by atoms with Gasteiger partial charge in [-0.2, -0.15) is 0 Å². The number of allylic oxidation sites excluding steroid dienone is 1. The Bertz CT molecular complexity index is 98.3. The number of hydrogen-bond donors (Lipinski definition) is 1. The highest BCUT2D eigenvalue weighted by Gasteiger charge is 2.02. The van der Waals surface area contributed by atoms with Crippen molar-refractivity contribution in [3.63, 3.8) is 0 Å². The minimum Gasteiger partial charge on any atom is -0.477 e. The second kappa shape index (κ2) is 1.48. The maximum Gasteiger partial charge on any atom is 0.157 e. The molecule has 2 radical (unpaired) electrons. The Kier molecular flexibility index (Phi) is 0.967. The number of nitrogens with one attached hydrogen (secondary N) is 1. The smallest absolute Gasteiger partial charge is 0.157 e. The fourth-order valence-electron chi connectivity index (χ4n) is 0.424. The van der Waals surface area contributed by atoms with Crippen LogP contribution in [-0.2, 0) is 4.74 Å². The average Bonchev–Trinajstić information content (AvgIpc) is 1.91. The van der Waals surface area contributed by atoms with Gasteiger partial charge in [0.15, 0.2) is 6.73 Å². The summed E-state index contributed by atoms with van der Waals surface area (Å²) in [4.78, 5) is 0. The van der Waals surface area contributed by atoms with Crippen molar-refractivity contribution < 1.29 is 4.74 Å². The quantitative estimate of drug-likeness (QED) is 0.425. The van der Waals surface area contributed by atoms with Crippen LogP contribution in [0, 0.1) is 0 Å². The zero-order valence-electron chi connectivity index (χ0n) is 4.19. The molecule has 1 heterocycles. The van der Waals surface area contributed by atoms with Crippen molar-refractivity contribution in [2.24, 2.45) is 0 Å². The highest BCUT2D eigenvalue weighted by molar-refractivity contribution is 6.21. The molecule has 1 aliphatic rings. The van der Waals surface area contributed by atoms with E-state index in [2.05, 4.69) is 5.32 Å². The van der Waals surface area contributed by atoms with Crippen LogP contribution in [0.4, 0.5) is 0 Å². The number of ether oxygens (including phenoxy) is 1. The van der Waals surface area contributed by atoms with E-state index in [1.807, 2.05) is 6.92 Å². The van der Waals surface area contributed by atoms with Gasteiger partial charge in [0, 0.05) is 0 Å². The van der Waals surface area contributed by atoms with Crippen LogP contribution in [0.25, 0.3) is 0 Å². The van der Waals surface area contributed by atoms with Gasteiger partial charge in [-0.15, -0.1) is 0 Å². The van der Waals surface area contributed by atoms with Crippen molar-refractivity contribution >= 4 is 7.85 Å². The molecule has 0 bridgehead atoms. The summed E-state index contributed by atoms with van der Waals surface area (Å²) >= 11 is 0. The Hall–Kier alpha value is -0.595. The van der Waals surface area contributed by atoms with Crippen LogP contribution < -0.4 is 5.32 Å². The third-order valence-electron chi connectivity index (χ3n) is 0.931. The molecule has 1 aliphatic heterocycles. The fourth-order valence-corrected chi connectivity index (χ4v) is 0.424. The number of hydrogen-bond acceptors (Lipinski definition) is 2. The van der Waals surface area contributed by atoms with Gasteiger partial charge in [-0.05, 0) is 12.5 Å². The summed E-state index contributed by atoms with van der Waals surface area (Å²) in [6.07, 6.45) is 0. The van der Waals surface area contributed by atoms with Gasteiger partial charge in [0.05, 0.1) is 0 Å². The van der Waals surface area contributed by atoms with E-state index >= 15 is 0 Å². The molecule has 0 aromatic heterocycles. The summed E-state index contributed by atoms with van der Waals surface area (Å²) in [6.45, 7) is 2.35. The predicted molar refractivity (Wildman–Crippen MR) is 27.5 cm³/mol. The predicted octanol–water partition coefficient (Wildman–Crippen LogP) is -0.0788. The summed E-state index contributed by atoms with van der Waals surface area (Å²) in [6, 6.07) is 0. The van der Waals surface area contributed by atoms with E-state index in [0.29, 0.717) is 12.3 Å². The maximum atomic E-state index is 5.32. The Balaban J connectivity index is 2.64. The standard InChI is InChI=1S/C4H6BNO/c1-3-4(5)6-2-7-3/h6H,2H2,1H3. The van der Waals surface area contributed by atoms with E-state index < -0.39 is 0 Å². The molecule has 0 atom stereocenters. The van der Waals surface area contributed by atoms with Gasteiger partial charge in [-0.3, -0.25) is 0 Å². The van der Waals surface area contributed by atoms with Crippen molar-refractivity contribution in [2.45, 2.75) is 6.92 Å². The summed E-state index contributed by atoms with van der Waals surface area (Å²) in [5.41, 5.74) is 0.653. The molecule has 1 rings (SSSR count). The lowest BCUT2D eigenvalue weighted by Crippen LogP contribution is -2.06. The average molecular weight is 94.9 g/mol. The summed E-state index contributed by atoms with van der Waals surface area (Å²) in [7, 11) is 5.32. The summed E-state index contributed by atoms with van der Waals surface area (Å²) in [5.74, 6) is 0.792. The molecule has 0 fully saturated rings. The Morgan fingerprint density at radius 1 is 1.86 bits per heavy atom. The van der Waals surface area contributed by atoms with Gasteiger partial charge >= 0.3 is 0 Å². The van der Waals surface area contributed by atoms with Crippen molar-refractivity contribution in [1.82, 2.24) is 5.32 Å². The molecule has 0 amide bonds. The first-order valence-electron chi connectivity index (χ1n) is 2.14. The molecule has 0 aromatic rings. The molecular formula is C4H6BNO. The first kappa shape index (κ1) is 4.56. The highest BCUT2D eigenvalue weighted by atomic mass is 16.5. The SMILES string of the molecule is [B]C1=C(C)OCN1. The third-order valence-corrected chi connectivity index (χ3v) is 0.931. The minimum absolute atomic E-state index is 0.525. The fraction of sp³-hybridized carbons (Fsp3) is 0.500. The van der Waals surface area contributed by atoms with Crippen molar-refractivity contribution in [1.29, 1.82) is 0 Å². The molecule has 0 spiro atoms. The van der Waals surface area contributed by atoms with Gasteiger partial charge in [0.25, 0.3) is 0 Å². The second-order valence-corrected chi connectivity index (χ2v) is 1.44. The van der Waals surface area contributed by atoms with Gasteiger partial charge in [0.1, 0.15) is 13.6 Å². The monoisotopic (exact) mass is 95.1 g/mol. The van der Waals surface area contributed by atoms with E-state index in [4.69, 9.17) is 12.6 Å². The van der Waals surface area contributed by atoms with E-state index in [9.17, 15) is 0 Å². The molecule has 0 aromatic carbocycles. The normalized spacial score (nSPS) is 19.0. The molecule has 0 unspecified atom stereocenters. The largest absolute Gasteiger partial charge is 0.477 e. The van der Waals surface area contributed by atoms with Crippen LogP contribution >= 0.6 is 0 Å². The minimum atomic E-state index is 0.525. The Morgan fingerprint density at radius 2 is 2.57 bits per heavy atom. The molecule has 1 N–H and O–H groups in total. The van der Waals surface area contributed by atoms with Gasteiger partial charge in [-0.1, -0.05) is 0 Å². The topological polar surface area (TPSA) is 21.3 Å². The molecule has 0 saturated carbocycles. The van der Waals surface area contributed by atoms with E-state index in [-0.39, 0.29) is 0 Å². The molecule has 0 aliphatic carbocycles. The highest BCUT2D eigenvalue weighted by Crippen LogP contribution is 2.03. The molecule has 3 heteroatoms. The molecular weight excluding hydrogens is 88.9 g/mol. The van der Waals surface area contributed by atoms with Crippen molar-refractivity contribution in [3.05, 3.63) is 11.4 Å². The van der Waals surface area contributed by atoms with Crippen LogP contribution in [0.15, 0.2) is 11.4 Å². The summed E-state index contributed by atoms with van der Waals surface area (Å²) in [5, 5.41) is 2.80. The van der Waals surface area contributed by atoms with Gasteiger partial charge in [0.2, 0.25) is 0 Å². The Morgan fingerprint density at radius 3 is 2.71 bits per heavy atom. The lowest BCUT2D eigenvalue weighted by atomic mass is 10.0. The van der Waals surface area contributed by atoms with Crippen LogP contribution in [0.5, 0.6) is 0 Å². The van der Waals surface area contributed by atoms with Gasteiger partial charge in [-0.25, -0.2) is 0 Å². The van der Waals surface area contributed by atoms with E-state index in [0.717, 1.165) is 5.76 Å². The first-order valence-corrected chi connectivity index (χ1v) is 2.14. The lowest BCUT2D eigenvalue weighted by molar-refractivity contribution is 0.234. The van der Waals surface area contributed by atoms with Crippen LogP contribution in [0.2, 0.25) is 0 Å². The maximum absolute atomic E-state index is 5.32. The lowest BCUT2D eigenvalue weighted by Gasteiger charge is -1.89. The van der Waals surface area contributed by atoms with E-state index in [1.54, 1.807) is 0 Å². The third kappa shape index (κ3) is 0.708. The van der Waals surface area contributed by atoms with Crippen molar-refractivity contribution in [2.75, 3.05) is 6.73 Å². The number of rotatable bonds is 0. The van der Waals surface area contributed by atoms with E-state index in [1.165, 1.54) is 0 Å². The Labute approximate surface area is 44.0 Å². The zero-order chi connectivity index (χ0) is 5.28. The van der Waals surface area contributed by atoms with Crippen LogP contribution in [0.1, 0.15) is 6.92 Å². The van der Waals surface area contributed by atoms with Gasteiger partial charge < -0.3 is 10.1 Å². The summed E-state index contributed by atoms with van der Waals surface area (Å²) < 4.78 is 4.91. The first-order chi connectivity index (χ1) is 3.30. The van der Waals surface area contributed by atoms with Crippen LogP contribution in [0.3, 0.4) is 0 Å². The molecule has 7 heavy (non-hydrogen) atoms. The van der Waals surface area contributed by atoms with Crippen LogP contribution in [-0.4, -0.2) is 14.6 Å². The molecule has 2 nitrogen and oxygen atoms in total. The zero-order valence-corrected chi connectivity index (χ0v) is 4.19. The van der Waals surface area contributed by atoms with Crippen molar-refractivity contribution in [3.8, 4) is 0 Å².